The lowest BCUT2D eigenvalue weighted by Crippen LogP contribution is -2.36. The third-order valence-corrected chi connectivity index (χ3v) is 5.41. The number of aryl methyl sites for hydroxylation is 1. The van der Waals surface area contributed by atoms with Crippen molar-refractivity contribution in [3.63, 3.8) is 0 Å². The van der Waals surface area contributed by atoms with Crippen LogP contribution in [-0.4, -0.2) is 39.1 Å². The quantitative estimate of drug-likeness (QED) is 0.422. The Morgan fingerprint density at radius 2 is 1.34 bits per heavy atom. The van der Waals surface area contributed by atoms with Crippen LogP contribution in [0.1, 0.15) is 5.56 Å². The van der Waals surface area contributed by atoms with E-state index in [9.17, 15) is 14.4 Å². The maximum atomic E-state index is 12.5. The maximum Gasteiger partial charge on any atom is 0.267 e. The van der Waals surface area contributed by atoms with Crippen molar-refractivity contribution < 1.29 is 9.53 Å². The molecule has 4 aromatic rings. The predicted octanol–water partition coefficient (Wildman–Crippen LogP) is 2.27. The molecule has 0 radical (unpaired) electrons. The van der Waals surface area contributed by atoms with E-state index in [0.29, 0.717) is 11.4 Å². The summed E-state index contributed by atoms with van der Waals surface area (Å²) in [4.78, 5) is 36.9. The Morgan fingerprint density at radius 3 is 1.94 bits per heavy atom. The zero-order chi connectivity index (χ0) is 24.8. The molecule has 2 aromatic carbocycles. The van der Waals surface area contributed by atoms with Gasteiger partial charge in [-0.2, -0.15) is 10.2 Å². The summed E-state index contributed by atoms with van der Waals surface area (Å²) in [6, 6.07) is 21.2. The molecule has 178 valence electrons. The Bertz CT molecular complexity index is 1440. The molecule has 0 aliphatic heterocycles. The molecule has 1 N–H and O–H groups in total. The number of carbonyl (C=O) groups excluding carboxylic acids is 1. The summed E-state index contributed by atoms with van der Waals surface area (Å²) in [7, 11) is 1.59. The second-order valence-electron chi connectivity index (χ2n) is 7.94. The highest BCUT2D eigenvalue weighted by Gasteiger charge is 2.09. The molecule has 0 atom stereocenters. The summed E-state index contributed by atoms with van der Waals surface area (Å²) >= 11 is 0. The second-order valence-corrected chi connectivity index (χ2v) is 7.94. The molecule has 2 heterocycles. The molecule has 0 aliphatic carbocycles. The van der Waals surface area contributed by atoms with Crippen LogP contribution in [0.3, 0.4) is 0 Å². The number of rotatable bonds is 8. The van der Waals surface area contributed by atoms with Crippen molar-refractivity contribution in [3.8, 4) is 28.3 Å². The maximum absolute atomic E-state index is 12.5. The van der Waals surface area contributed by atoms with Gasteiger partial charge in [0.1, 0.15) is 12.3 Å². The van der Waals surface area contributed by atoms with Gasteiger partial charge in [-0.25, -0.2) is 9.36 Å². The smallest absolute Gasteiger partial charge is 0.267 e. The van der Waals surface area contributed by atoms with Crippen molar-refractivity contribution in [1.29, 1.82) is 0 Å². The van der Waals surface area contributed by atoms with Gasteiger partial charge < -0.3 is 10.1 Å². The monoisotopic (exact) mass is 471 g/mol. The average molecular weight is 472 g/mol. The van der Waals surface area contributed by atoms with Crippen LogP contribution in [0.5, 0.6) is 5.75 Å². The van der Waals surface area contributed by atoms with Gasteiger partial charge in [0.05, 0.1) is 25.0 Å². The number of benzene rings is 2. The first-order valence-corrected chi connectivity index (χ1v) is 11.1. The van der Waals surface area contributed by atoms with Crippen LogP contribution in [-0.2, 0) is 17.9 Å². The van der Waals surface area contributed by atoms with Crippen LogP contribution in [0.4, 0.5) is 0 Å². The lowest BCUT2D eigenvalue weighted by Gasteiger charge is -2.10. The van der Waals surface area contributed by atoms with E-state index in [1.54, 1.807) is 19.2 Å². The lowest BCUT2D eigenvalue weighted by molar-refractivity contribution is -0.121. The molecule has 35 heavy (non-hydrogen) atoms. The van der Waals surface area contributed by atoms with Crippen molar-refractivity contribution in [2.75, 3.05) is 13.7 Å². The number of ether oxygens (including phenoxy) is 1. The molecule has 0 aliphatic rings. The van der Waals surface area contributed by atoms with Gasteiger partial charge >= 0.3 is 0 Å². The Hall–Kier alpha value is -4.53. The molecule has 9 heteroatoms. The minimum Gasteiger partial charge on any atom is -0.497 e. The Balaban J connectivity index is 1.39. The van der Waals surface area contributed by atoms with E-state index < -0.39 is 0 Å². The zero-order valence-electron chi connectivity index (χ0n) is 19.5. The van der Waals surface area contributed by atoms with Crippen LogP contribution in [0.2, 0.25) is 0 Å². The van der Waals surface area contributed by atoms with Gasteiger partial charge in [-0.05, 0) is 43.3 Å². The highest BCUT2D eigenvalue weighted by molar-refractivity contribution is 5.75. The van der Waals surface area contributed by atoms with Gasteiger partial charge in [0.2, 0.25) is 5.91 Å². The number of nitrogens with zero attached hydrogens (tertiary/aromatic N) is 4. The van der Waals surface area contributed by atoms with Gasteiger partial charge in [-0.1, -0.05) is 29.8 Å². The molecule has 4 rings (SSSR count). The van der Waals surface area contributed by atoms with Crippen LogP contribution in [0, 0.1) is 6.92 Å². The highest BCUT2D eigenvalue weighted by atomic mass is 16.5. The number of aromatic nitrogens is 4. The molecular weight excluding hydrogens is 446 g/mol. The van der Waals surface area contributed by atoms with Gasteiger partial charge in [0.25, 0.3) is 11.1 Å². The highest BCUT2D eigenvalue weighted by Crippen LogP contribution is 2.19. The Morgan fingerprint density at radius 1 is 0.800 bits per heavy atom. The Kier molecular flexibility index (Phi) is 7.15. The summed E-state index contributed by atoms with van der Waals surface area (Å²) in [6.45, 7) is 2.11. The van der Waals surface area contributed by atoms with E-state index >= 15 is 0 Å². The fourth-order valence-electron chi connectivity index (χ4n) is 3.46. The third-order valence-electron chi connectivity index (χ3n) is 5.41. The fourth-order valence-corrected chi connectivity index (χ4v) is 3.46. The molecule has 0 saturated carbocycles. The van der Waals surface area contributed by atoms with Crippen molar-refractivity contribution in [2.24, 2.45) is 0 Å². The van der Waals surface area contributed by atoms with Crippen LogP contribution >= 0.6 is 0 Å². The van der Waals surface area contributed by atoms with Crippen molar-refractivity contribution in [1.82, 2.24) is 24.9 Å². The number of nitrogens with one attached hydrogen (secondary N) is 1. The Labute approximate surface area is 201 Å². The topological polar surface area (TPSA) is 108 Å². The minimum atomic E-state index is -0.389. The van der Waals surface area contributed by atoms with Gasteiger partial charge in [0.15, 0.2) is 0 Å². The SMILES string of the molecule is COc1ccc(-c2ccc(=O)n(CCNC(=O)Cn3nc(-c4ccc(C)cc4)ccc3=O)n2)cc1. The van der Waals surface area contributed by atoms with Crippen molar-refractivity contribution >= 4 is 5.91 Å². The summed E-state index contributed by atoms with van der Waals surface area (Å²) in [5.74, 6) is 0.336. The van der Waals surface area contributed by atoms with E-state index in [2.05, 4.69) is 15.5 Å². The summed E-state index contributed by atoms with van der Waals surface area (Å²) in [6.07, 6.45) is 0. The average Bonchev–Trinajstić information content (AvgIpc) is 2.87. The molecule has 2 aromatic heterocycles. The molecule has 0 unspecified atom stereocenters. The minimum absolute atomic E-state index is 0.171. The lowest BCUT2D eigenvalue weighted by atomic mass is 10.1. The first kappa shape index (κ1) is 23.6. The summed E-state index contributed by atoms with van der Waals surface area (Å²) in [5.41, 5.74) is 3.38. The van der Waals surface area contributed by atoms with Crippen LogP contribution in [0.25, 0.3) is 22.5 Å². The largest absolute Gasteiger partial charge is 0.497 e. The molecule has 9 nitrogen and oxygen atoms in total. The van der Waals surface area contributed by atoms with E-state index in [1.165, 1.54) is 16.8 Å². The van der Waals surface area contributed by atoms with E-state index in [0.717, 1.165) is 27.1 Å². The number of amides is 1. The van der Waals surface area contributed by atoms with Crippen LogP contribution in [0.15, 0.2) is 82.4 Å². The van der Waals surface area contributed by atoms with Gasteiger partial charge in [0, 0.05) is 29.8 Å². The molecule has 0 saturated heterocycles. The summed E-state index contributed by atoms with van der Waals surface area (Å²) in [5, 5.41) is 11.4. The molecule has 1 amide bonds. The number of hydrogen-bond donors (Lipinski definition) is 1. The van der Waals surface area contributed by atoms with E-state index in [-0.39, 0.29) is 36.7 Å². The third kappa shape index (κ3) is 5.89. The first-order chi connectivity index (χ1) is 16.9. The van der Waals surface area contributed by atoms with Gasteiger partial charge in [-0.15, -0.1) is 0 Å². The normalized spacial score (nSPS) is 10.7. The molecular formula is C26H25N5O4. The van der Waals surface area contributed by atoms with Crippen molar-refractivity contribution in [3.05, 3.63) is 99.1 Å². The van der Waals surface area contributed by atoms with Crippen LogP contribution < -0.4 is 21.2 Å². The fraction of sp³-hybridized carbons (Fsp3) is 0.192. The van der Waals surface area contributed by atoms with E-state index in [4.69, 9.17) is 4.74 Å². The second kappa shape index (κ2) is 10.6. The molecule has 0 bridgehead atoms. The number of carbonyl (C=O) groups is 1. The van der Waals surface area contributed by atoms with Crippen molar-refractivity contribution in [2.45, 2.75) is 20.0 Å². The summed E-state index contributed by atoms with van der Waals surface area (Å²) < 4.78 is 7.58. The molecule has 0 spiro atoms. The molecule has 0 fully saturated rings. The standard InChI is InChI=1S/C26H25N5O4/c1-18-3-5-19(6-4-18)23-12-14-26(34)31(29-23)17-24(32)27-15-16-30-25(33)13-11-22(28-30)20-7-9-21(35-2)10-8-20/h3-14H,15-17H2,1-2H3,(H,27,32). The zero-order valence-corrected chi connectivity index (χ0v) is 19.5. The first-order valence-electron chi connectivity index (χ1n) is 11.1. The number of hydrogen-bond acceptors (Lipinski definition) is 6. The van der Waals surface area contributed by atoms with E-state index in [1.807, 2.05) is 55.5 Å². The van der Waals surface area contributed by atoms with Gasteiger partial charge in [-0.3, -0.25) is 14.4 Å². The predicted molar refractivity (Wildman–Crippen MR) is 132 cm³/mol. The number of methoxy groups -OCH3 is 1.